The van der Waals surface area contributed by atoms with Crippen molar-refractivity contribution in [1.29, 1.82) is 0 Å². The summed E-state index contributed by atoms with van der Waals surface area (Å²) in [5, 5.41) is 15.8. The monoisotopic (exact) mass is 419 g/mol. The van der Waals surface area contributed by atoms with E-state index in [1.165, 1.54) is 15.9 Å². The van der Waals surface area contributed by atoms with Crippen molar-refractivity contribution in [3.8, 4) is 5.69 Å². The topological polar surface area (TPSA) is 84.2 Å². The SMILES string of the molecule is Cc1nc2ccccc2c(=O)n1-c1ccc(C(=O)NC[C@](C)(O)c2cccs2)cc1. The van der Waals surface area contributed by atoms with Crippen LogP contribution in [0.15, 0.2) is 70.8 Å². The average molecular weight is 420 g/mol. The molecule has 2 heterocycles. The Labute approximate surface area is 177 Å². The molecular weight excluding hydrogens is 398 g/mol. The molecule has 0 bridgehead atoms. The minimum atomic E-state index is -1.13. The van der Waals surface area contributed by atoms with Crippen LogP contribution in [0.2, 0.25) is 0 Å². The van der Waals surface area contributed by atoms with Gasteiger partial charge in [0.15, 0.2) is 0 Å². The quantitative estimate of drug-likeness (QED) is 0.519. The van der Waals surface area contributed by atoms with E-state index < -0.39 is 5.60 Å². The van der Waals surface area contributed by atoms with Crippen LogP contribution in [0.5, 0.6) is 0 Å². The molecule has 0 aliphatic heterocycles. The zero-order valence-corrected chi connectivity index (χ0v) is 17.4. The fourth-order valence-corrected chi connectivity index (χ4v) is 4.12. The van der Waals surface area contributed by atoms with Gasteiger partial charge in [-0.05, 0) is 61.7 Å². The second-order valence-electron chi connectivity index (χ2n) is 7.30. The Morgan fingerprint density at radius 3 is 2.57 bits per heavy atom. The molecule has 0 saturated carbocycles. The molecule has 0 aliphatic rings. The number of fused-ring (bicyclic) bond motifs is 1. The maximum Gasteiger partial charge on any atom is 0.265 e. The molecule has 1 amide bonds. The number of carbonyl (C=O) groups is 1. The molecular formula is C23H21N3O3S. The number of rotatable bonds is 5. The van der Waals surface area contributed by atoms with Gasteiger partial charge in [-0.3, -0.25) is 14.2 Å². The summed E-state index contributed by atoms with van der Waals surface area (Å²) in [6.45, 7) is 3.55. The van der Waals surface area contributed by atoms with Gasteiger partial charge in [-0.2, -0.15) is 0 Å². The minimum Gasteiger partial charge on any atom is -0.383 e. The predicted octanol–water partition coefficient (Wildman–Crippen LogP) is 3.39. The number of benzene rings is 2. The Bertz CT molecular complexity index is 1260. The number of aliphatic hydroxyl groups is 1. The lowest BCUT2D eigenvalue weighted by Gasteiger charge is -2.22. The highest BCUT2D eigenvalue weighted by molar-refractivity contribution is 7.10. The highest BCUT2D eigenvalue weighted by Gasteiger charge is 2.25. The molecule has 0 unspecified atom stereocenters. The molecule has 4 rings (SSSR count). The summed E-state index contributed by atoms with van der Waals surface area (Å²) < 4.78 is 1.53. The van der Waals surface area contributed by atoms with Crippen molar-refractivity contribution in [3.05, 3.63) is 92.7 Å². The van der Waals surface area contributed by atoms with E-state index in [4.69, 9.17) is 0 Å². The maximum absolute atomic E-state index is 12.9. The first-order chi connectivity index (χ1) is 14.4. The first-order valence-electron chi connectivity index (χ1n) is 9.50. The van der Waals surface area contributed by atoms with Gasteiger partial charge in [0.2, 0.25) is 0 Å². The van der Waals surface area contributed by atoms with Crippen LogP contribution in [0.3, 0.4) is 0 Å². The predicted molar refractivity (Wildman–Crippen MR) is 118 cm³/mol. The van der Waals surface area contributed by atoms with Crippen molar-refractivity contribution in [3.63, 3.8) is 0 Å². The summed E-state index contributed by atoms with van der Waals surface area (Å²) >= 11 is 1.44. The van der Waals surface area contributed by atoms with Crippen LogP contribution in [-0.2, 0) is 5.60 Å². The van der Waals surface area contributed by atoms with Gasteiger partial charge in [0.25, 0.3) is 11.5 Å². The summed E-state index contributed by atoms with van der Waals surface area (Å²) in [4.78, 5) is 30.7. The number of hydrogen-bond acceptors (Lipinski definition) is 5. The zero-order chi connectivity index (χ0) is 21.3. The molecule has 152 valence electrons. The third kappa shape index (κ3) is 3.77. The summed E-state index contributed by atoms with van der Waals surface area (Å²) in [5.41, 5.74) is 0.454. The van der Waals surface area contributed by atoms with Gasteiger partial charge < -0.3 is 10.4 Å². The lowest BCUT2D eigenvalue weighted by Crippen LogP contribution is -2.38. The van der Waals surface area contributed by atoms with Crippen LogP contribution in [0.1, 0.15) is 28.0 Å². The number of aromatic nitrogens is 2. The van der Waals surface area contributed by atoms with Gasteiger partial charge >= 0.3 is 0 Å². The second kappa shape index (κ2) is 7.85. The highest BCUT2D eigenvalue weighted by Crippen LogP contribution is 2.24. The van der Waals surface area contributed by atoms with Gasteiger partial charge in [0.05, 0.1) is 23.1 Å². The Morgan fingerprint density at radius 1 is 1.13 bits per heavy atom. The highest BCUT2D eigenvalue weighted by atomic mass is 32.1. The molecule has 7 heteroatoms. The Balaban J connectivity index is 1.55. The zero-order valence-electron chi connectivity index (χ0n) is 16.6. The minimum absolute atomic E-state index is 0.0985. The molecule has 2 aromatic heterocycles. The van der Waals surface area contributed by atoms with E-state index in [1.807, 2.05) is 35.7 Å². The standard InChI is InChI=1S/C23H21N3O3S/c1-15-25-19-7-4-3-6-18(19)22(28)26(15)17-11-9-16(10-12-17)21(27)24-14-23(2,29)20-8-5-13-30-20/h3-13,29H,14H2,1-2H3,(H,24,27)/t23-/m0/s1. The van der Waals surface area contributed by atoms with Crippen LogP contribution in [0.25, 0.3) is 16.6 Å². The van der Waals surface area contributed by atoms with Crippen LogP contribution < -0.4 is 10.9 Å². The Kier molecular flexibility index (Phi) is 5.24. The van der Waals surface area contributed by atoms with Gasteiger partial charge in [-0.1, -0.05) is 18.2 Å². The number of para-hydroxylation sites is 1. The molecule has 2 N–H and O–H groups in total. The Hall–Kier alpha value is -3.29. The van der Waals surface area contributed by atoms with Crippen molar-refractivity contribution in [2.24, 2.45) is 0 Å². The van der Waals surface area contributed by atoms with E-state index in [0.717, 1.165) is 4.88 Å². The fraction of sp³-hybridized carbons (Fsp3) is 0.174. The third-order valence-electron chi connectivity index (χ3n) is 4.98. The molecule has 1 atom stereocenters. The molecule has 6 nitrogen and oxygen atoms in total. The number of nitrogens with zero attached hydrogens (tertiary/aromatic N) is 2. The van der Waals surface area contributed by atoms with E-state index in [9.17, 15) is 14.7 Å². The van der Waals surface area contributed by atoms with Crippen molar-refractivity contribution in [2.45, 2.75) is 19.4 Å². The number of amides is 1. The fourth-order valence-electron chi connectivity index (χ4n) is 3.34. The van der Waals surface area contributed by atoms with E-state index in [2.05, 4.69) is 10.3 Å². The van der Waals surface area contributed by atoms with Crippen LogP contribution >= 0.6 is 11.3 Å². The van der Waals surface area contributed by atoms with Gasteiger partial charge in [0, 0.05) is 10.4 Å². The molecule has 0 fully saturated rings. The van der Waals surface area contributed by atoms with Gasteiger partial charge in [-0.15, -0.1) is 11.3 Å². The van der Waals surface area contributed by atoms with E-state index in [1.54, 1.807) is 44.2 Å². The average Bonchev–Trinajstić information content (AvgIpc) is 3.29. The van der Waals surface area contributed by atoms with Crippen LogP contribution in [0.4, 0.5) is 0 Å². The molecule has 0 aliphatic carbocycles. The normalized spacial score (nSPS) is 13.2. The number of hydrogen-bond donors (Lipinski definition) is 2. The molecule has 30 heavy (non-hydrogen) atoms. The van der Waals surface area contributed by atoms with Gasteiger partial charge in [0.1, 0.15) is 11.4 Å². The first-order valence-corrected chi connectivity index (χ1v) is 10.4. The summed E-state index contributed by atoms with van der Waals surface area (Å²) in [6.07, 6.45) is 0. The number of aryl methyl sites for hydroxylation is 1. The van der Waals surface area contributed by atoms with Crippen molar-refractivity contribution in [2.75, 3.05) is 6.54 Å². The maximum atomic E-state index is 12.9. The smallest absolute Gasteiger partial charge is 0.265 e. The molecule has 4 aromatic rings. The molecule has 2 aromatic carbocycles. The van der Waals surface area contributed by atoms with E-state index in [0.29, 0.717) is 28.0 Å². The lowest BCUT2D eigenvalue weighted by molar-refractivity contribution is 0.0557. The van der Waals surface area contributed by atoms with Crippen LogP contribution in [-0.4, -0.2) is 27.1 Å². The van der Waals surface area contributed by atoms with Crippen molar-refractivity contribution < 1.29 is 9.90 Å². The largest absolute Gasteiger partial charge is 0.383 e. The lowest BCUT2D eigenvalue weighted by atomic mass is 10.0. The summed E-state index contributed by atoms with van der Waals surface area (Å²) in [7, 11) is 0. The van der Waals surface area contributed by atoms with E-state index in [-0.39, 0.29) is 18.0 Å². The van der Waals surface area contributed by atoms with Crippen molar-refractivity contribution in [1.82, 2.24) is 14.9 Å². The number of carbonyl (C=O) groups excluding carboxylic acids is 1. The molecule has 0 radical (unpaired) electrons. The van der Waals surface area contributed by atoms with E-state index >= 15 is 0 Å². The Morgan fingerprint density at radius 2 is 1.87 bits per heavy atom. The second-order valence-corrected chi connectivity index (χ2v) is 8.25. The van der Waals surface area contributed by atoms with Crippen molar-refractivity contribution >= 4 is 28.1 Å². The van der Waals surface area contributed by atoms with Gasteiger partial charge in [-0.25, -0.2) is 4.98 Å². The molecule has 0 saturated heterocycles. The first kappa shape index (κ1) is 20.0. The number of nitrogens with one attached hydrogen (secondary N) is 1. The van der Waals surface area contributed by atoms with Crippen LogP contribution in [0, 0.1) is 6.92 Å². The summed E-state index contributed by atoms with van der Waals surface area (Å²) in [5.74, 6) is 0.280. The third-order valence-corrected chi connectivity index (χ3v) is 6.10. The molecule has 0 spiro atoms. The number of thiophene rings is 1. The summed E-state index contributed by atoms with van der Waals surface area (Å²) in [6, 6.07) is 17.7.